The number of furan rings is 1. The summed E-state index contributed by atoms with van der Waals surface area (Å²) < 4.78 is 16.2. The number of nitrogens with zero attached hydrogens (tertiary/aromatic N) is 2. The molecule has 0 aliphatic rings. The second kappa shape index (κ2) is 15.1. The molecule has 0 fully saturated rings. The van der Waals surface area contributed by atoms with Gasteiger partial charge in [0.25, 0.3) is 0 Å². The number of aliphatic imine (C=N–C) groups is 1. The number of hydrogen-bond donors (Lipinski definition) is 2. The SMILES string of the molecule is CCOCCCNC(=NCc1ccc(OC)cc1)NCC(c1ccco1)N(C)C.I. The van der Waals surface area contributed by atoms with Crippen LogP contribution in [0.2, 0.25) is 0 Å². The number of methoxy groups -OCH3 is 1. The maximum Gasteiger partial charge on any atom is 0.191 e. The first-order valence-electron chi connectivity index (χ1n) is 10.1. The largest absolute Gasteiger partial charge is 0.497 e. The molecule has 7 nitrogen and oxygen atoms in total. The van der Waals surface area contributed by atoms with Gasteiger partial charge in [0.05, 0.1) is 26.0 Å². The van der Waals surface area contributed by atoms with Crippen molar-refractivity contribution in [3.8, 4) is 5.75 Å². The molecule has 0 spiro atoms. The van der Waals surface area contributed by atoms with E-state index in [1.807, 2.05) is 57.4 Å². The molecule has 0 amide bonds. The zero-order chi connectivity index (χ0) is 20.9. The second-order valence-corrected chi connectivity index (χ2v) is 6.87. The monoisotopic (exact) mass is 530 g/mol. The van der Waals surface area contributed by atoms with Gasteiger partial charge in [0.15, 0.2) is 5.96 Å². The summed E-state index contributed by atoms with van der Waals surface area (Å²) >= 11 is 0. The van der Waals surface area contributed by atoms with Crippen LogP contribution in [0.25, 0.3) is 0 Å². The molecule has 168 valence electrons. The zero-order valence-electron chi connectivity index (χ0n) is 18.4. The summed E-state index contributed by atoms with van der Waals surface area (Å²) in [6.07, 6.45) is 2.63. The fourth-order valence-corrected chi connectivity index (χ4v) is 2.81. The van der Waals surface area contributed by atoms with Gasteiger partial charge >= 0.3 is 0 Å². The quantitative estimate of drug-likeness (QED) is 0.189. The Bertz CT molecular complexity index is 706. The Morgan fingerprint density at radius 2 is 1.93 bits per heavy atom. The van der Waals surface area contributed by atoms with Crippen LogP contribution in [0.15, 0.2) is 52.1 Å². The Morgan fingerprint density at radius 1 is 1.17 bits per heavy atom. The van der Waals surface area contributed by atoms with Crippen LogP contribution >= 0.6 is 24.0 Å². The van der Waals surface area contributed by atoms with Gasteiger partial charge in [0.1, 0.15) is 11.5 Å². The summed E-state index contributed by atoms with van der Waals surface area (Å²) in [7, 11) is 5.75. The Kier molecular flexibility index (Phi) is 13.2. The van der Waals surface area contributed by atoms with Gasteiger partial charge in [-0.05, 0) is 57.3 Å². The lowest BCUT2D eigenvalue weighted by Crippen LogP contribution is -2.42. The molecule has 1 atom stereocenters. The third kappa shape index (κ3) is 9.36. The molecule has 1 aromatic carbocycles. The normalized spacial score (nSPS) is 12.4. The highest BCUT2D eigenvalue weighted by Gasteiger charge is 2.17. The summed E-state index contributed by atoms with van der Waals surface area (Å²) in [4.78, 5) is 6.87. The lowest BCUT2D eigenvalue weighted by molar-refractivity contribution is 0.145. The Labute approximate surface area is 197 Å². The van der Waals surface area contributed by atoms with E-state index >= 15 is 0 Å². The van der Waals surface area contributed by atoms with E-state index in [-0.39, 0.29) is 30.0 Å². The van der Waals surface area contributed by atoms with Gasteiger partial charge in [-0.25, -0.2) is 4.99 Å². The van der Waals surface area contributed by atoms with E-state index in [9.17, 15) is 0 Å². The molecular weight excluding hydrogens is 495 g/mol. The number of hydrogen-bond acceptors (Lipinski definition) is 5. The van der Waals surface area contributed by atoms with E-state index in [1.54, 1.807) is 13.4 Å². The van der Waals surface area contributed by atoms with Crippen LogP contribution in [0, 0.1) is 0 Å². The molecule has 0 aliphatic carbocycles. The molecule has 0 aliphatic heterocycles. The molecule has 0 bridgehead atoms. The van der Waals surface area contributed by atoms with Gasteiger partial charge in [-0.15, -0.1) is 24.0 Å². The Morgan fingerprint density at radius 3 is 2.53 bits per heavy atom. The van der Waals surface area contributed by atoms with Gasteiger partial charge in [-0.1, -0.05) is 12.1 Å². The smallest absolute Gasteiger partial charge is 0.191 e. The van der Waals surface area contributed by atoms with Gasteiger partial charge < -0.3 is 24.5 Å². The van der Waals surface area contributed by atoms with Crippen LogP contribution in [0.3, 0.4) is 0 Å². The fourth-order valence-electron chi connectivity index (χ4n) is 2.81. The molecule has 0 saturated heterocycles. The summed E-state index contributed by atoms with van der Waals surface area (Å²) in [5.41, 5.74) is 1.12. The van der Waals surface area contributed by atoms with Crippen molar-refractivity contribution in [1.29, 1.82) is 0 Å². The molecule has 8 heteroatoms. The van der Waals surface area contributed by atoms with Crippen LogP contribution in [0.4, 0.5) is 0 Å². The average Bonchev–Trinajstić information content (AvgIpc) is 3.26. The number of guanidine groups is 1. The van der Waals surface area contributed by atoms with E-state index in [0.29, 0.717) is 13.1 Å². The lowest BCUT2D eigenvalue weighted by Gasteiger charge is -2.24. The molecular formula is C22H35IN4O3. The molecule has 30 heavy (non-hydrogen) atoms. The standard InChI is InChI=1S/C22H34N4O3.HI/c1-5-28-14-7-13-23-22(24-16-18-9-11-19(27-4)12-10-18)25-17-20(26(2)3)21-8-6-15-29-21;/h6,8-12,15,20H,5,7,13-14,16-17H2,1-4H3,(H2,23,24,25);1H. The maximum absolute atomic E-state index is 5.60. The highest BCUT2D eigenvalue weighted by molar-refractivity contribution is 14.0. The number of rotatable bonds is 12. The first kappa shape index (κ1) is 26.3. The van der Waals surface area contributed by atoms with E-state index in [1.165, 1.54) is 0 Å². The van der Waals surface area contributed by atoms with Crippen molar-refractivity contribution in [3.63, 3.8) is 0 Å². The highest BCUT2D eigenvalue weighted by Crippen LogP contribution is 2.17. The topological polar surface area (TPSA) is 71.3 Å². The van der Waals surface area contributed by atoms with Crippen molar-refractivity contribution in [2.45, 2.75) is 25.9 Å². The third-order valence-corrected chi connectivity index (χ3v) is 4.50. The molecule has 2 aromatic rings. The zero-order valence-corrected chi connectivity index (χ0v) is 20.7. The van der Waals surface area contributed by atoms with Crippen molar-refractivity contribution in [3.05, 3.63) is 54.0 Å². The van der Waals surface area contributed by atoms with Crippen molar-refractivity contribution >= 4 is 29.9 Å². The average molecular weight is 530 g/mol. The molecule has 1 aromatic heterocycles. The number of ether oxygens (including phenoxy) is 2. The number of halogens is 1. The van der Waals surface area contributed by atoms with Crippen molar-refractivity contribution in [2.24, 2.45) is 4.99 Å². The predicted octanol–water partition coefficient (Wildman–Crippen LogP) is 3.67. The highest BCUT2D eigenvalue weighted by atomic mass is 127. The summed E-state index contributed by atoms with van der Waals surface area (Å²) in [5, 5.41) is 6.84. The van der Waals surface area contributed by atoms with Crippen LogP contribution in [0.5, 0.6) is 5.75 Å². The van der Waals surface area contributed by atoms with Crippen molar-refractivity contribution < 1.29 is 13.9 Å². The second-order valence-electron chi connectivity index (χ2n) is 6.87. The van der Waals surface area contributed by atoms with Gasteiger partial charge in [0.2, 0.25) is 0 Å². The summed E-state index contributed by atoms with van der Waals surface area (Å²) in [5.74, 6) is 2.54. The fraction of sp³-hybridized carbons (Fsp3) is 0.500. The molecule has 0 radical (unpaired) electrons. The van der Waals surface area contributed by atoms with Gasteiger partial charge in [-0.2, -0.15) is 0 Å². The molecule has 0 saturated carbocycles. The number of likely N-dealkylation sites (N-methyl/N-ethyl adjacent to an activating group) is 1. The van der Waals surface area contributed by atoms with E-state index in [2.05, 4.69) is 15.5 Å². The molecule has 1 heterocycles. The first-order chi connectivity index (χ1) is 14.1. The molecule has 2 N–H and O–H groups in total. The van der Waals surface area contributed by atoms with E-state index in [0.717, 1.165) is 49.2 Å². The Balaban J connectivity index is 0.00000450. The van der Waals surface area contributed by atoms with E-state index in [4.69, 9.17) is 18.9 Å². The summed E-state index contributed by atoms with van der Waals surface area (Å²) in [6, 6.07) is 12.0. The van der Waals surface area contributed by atoms with E-state index < -0.39 is 0 Å². The molecule has 2 rings (SSSR count). The van der Waals surface area contributed by atoms with Crippen molar-refractivity contribution in [2.75, 3.05) is 47.5 Å². The van der Waals surface area contributed by atoms with Gasteiger partial charge in [-0.3, -0.25) is 4.90 Å². The predicted molar refractivity (Wildman–Crippen MR) is 132 cm³/mol. The van der Waals surface area contributed by atoms with Crippen LogP contribution in [0.1, 0.15) is 30.7 Å². The minimum atomic E-state index is 0. The third-order valence-electron chi connectivity index (χ3n) is 4.50. The van der Waals surface area contributed by atoms with Crippen LogP contribution < -0.4 is 15.4 Å². The molecule has 1 unspecified atom stereocenters. The number of benzene rings is 1. The van der Waals surface area contributed by atoms with Crippen LogP contribution in [-0.2, 0) is 11.3 Å². The Hall–Kier alpha value is -1.78. The summed E-state index contributed by atoms with van der Waals surface area (Å²) in [6.45, 7) is 5.54. The minimum absolute atomic E-state index is 0. The lowest BCUT2D eigenvalue weighted by atomic mass is 10.2. The maximum atomic E-state index is 5.60. The van der Waals surface area contributed by atoms with Crippen LogP contribution in [-0.4, -0.2) is 58.4 Å². The van der Waals surface area contributed by atoms with Crippen molar-refractivity contribution in [1.82, 2.24) is 15.5 Å². The first-order valence-corrected chi connectivity index (χ1v) is 10.1. The number of nitrogens with one attached hydrogen (secondary N) is 2. The van der Waals surface area contributed by atoms with Gasteiger partial charge in [0, 0.05) is 26.3 Å². The minimum Gasteiger partial charge on any atom is -0.497 e.